The minimum absolute atomic E-state index is 0.238. The number of rotatable bonds is 7. The molecule has 0 saturated heterocycles. The van der Waals surface area contributed by atoms with Gasteiger partial charge < -0.3 is 16.0 Å². The fraction of sp³-hybridized carbons (Fsp3) is 0.200. The second kappa shape index (κ2) is 9.49. The zero-order chi connectivity index (χ0) is 20.8. The van der Waals surface area contributed by atoms with Gasteiger partial charge in [0.25, 0.3) is 5.91 Å². The average molecular weight is 430 g/mol. The van der Waals surface area contributed by atoms with Gasteiger partial charge in [-0.15, -0.1) is 11.3 Å². The summed E-state index contributed by atoms with van der Waals surface area (Å²) in [6.07, 6.45) is 1.66. The summed E-state index contributed by atoms with van der Waals surface area (Å²) in [5.74, 6) is -0.718. The maximum absolute atomic E-state index is 12.4. The summed E-state index contributed by atoms with van der Waals surface area (Å²) in [6, 6.07) is 10.3. The van der Waals surface area contributed by atoms with Crippen molar-refractivity contribution < 1.29 is 9.59 Å². The highest BCUT2D eigenvalue weighted by Gasteiger charge is 2.18. The van der Waals surface area contributed by atoms with E-state index < -0.39 is 11.9 Å². The number of aryl methyl sites for hydroxylation is 1. The molecule has 2 amide bonds. The van der Waals surface area contributed by atoms with Crippen LogP contribution in [0.4, 0.5) is 10.8 Å². The van der Waals surface area contributed by atoms with E-state index in [1.807, 2.05) is 31.2 Å². The van der Waals surface area contributed by atoms with Crippen molar-refractivity contribution in [2.24, 2.45) is 0 Å². The quantitative estimate of drug-likeness (QED) is 0.532. The Bertz CT molecular complexity index is 1010. The van der Waals surface area contributed by atoms with Crippen molar-refractivity contribution in [3.05, 3.63) is 69.9 Å². The lowest BCUT2D eigenvalue weighted by Crippen LogP contribution is -2.44. The fourth-order valence-electron chi connectivity index (χ4n) is 2.45. The molecule has 3 aromatic rings. The number of carbonyl (C=O) groups excluding carboxylic acids is 2. The number of carbonyl (C=O) groups is 2. The molecule has 7 nitrogen and oxygen atoms in total. The molecule has 0 bridgehead atoms. The third kappa shape index (κ3) is 5.75. The Labute approximate surface area is 177 Å². The van der Waals surface area contributed by atoms with E-state index in [4.69, 9.17) is 11.6 Å². The molecule has 0 aliphatic heterocycles. The summed E-state index contributed by atoms with van der Waals surface area (Å²) in [4.78, 5) is 33.0. The number of benzene rings is 1. The zero-order valence-electron chi connectivity index (χ0n) is 15.9. The van der Waals surface area contributed by atoms with Gasteiger partial charge in [0.1, 0.15) is 11.7 Å². The van der Waals surface area contributed by atoms with Gasteiger partial charge in [-0.3, -0.25) is 14.6 Å². The van der Waals surface area contributed by atoms with Gasteiger partial charge in [0, 0.05) is 22.3 Å². The van der Waals surface area contributed by atoms with Crippen LogP contribution in [-0.4, -0.2) is 27.8 Å². The van der Waals surface area contributed by atoms with E-state index in [1.165, 1.54) is 11.3 Å². The van der Waals surface area contributed by atoms with Gasteiger partial charge in [-0.05, 0) is 43.7 Å². The van der Waals surface area contributed by atoms with Crippen molar-refractivity contribution in [3.8, 4) is 0 Å². The molecule has 150 valence electrons. The Kier molecular flexibility index (Phi) is 6.79. The minimum Gasteiger partial charge on any atom is -0.349 e. The molecule has 0 saturated carbocycles. The summed E-state index contributed by atoms with van der Waals surface area (Å²) in [5.41, 5.74) is 2.81. The Hall–Kier alpha value is -2.97. The van der Waals surface area contributed by atoms with E-state index in [2.05, 4.69) is 25.9 Å². The molecular weight excluding hydrogens is 410 g/mol. The summed E-state index contributed by atoms with van der Waals surface area (Å²) < 4.78 is 0. The number of thiazole rings is 1. The van der Waals surface area contributed by atoms with Crippen LogP contribution in [0.5, 0.6) is 0 Å². The Morgan fingerprint density at radius 1 is 1.24 bits per heavy atom. The molecule has 0 aliphatic carbocycles. The number of aromatic nitrogens is 2. The van der Waals surface area contributed by atoms with Gasteiger partial charge in [-0.25, -0.2) is 4.98 Å². The maximum atomic E-state index is 12.4. The number of pyridine rings is 1. The molecule has 2 aromatic heterocycles. The molecule has 3 N–H and O–H groups in total. The van der Waals surface area contributed by atoms with E-state index in [-0.39, 0.29) is 11.6 Å². The van der Waals surface area contributed by atoms with E-state index in [0.717, 1.165) is 16.9 Å². The first kappa shape index (κ1) is 20.8. The van der Waals surface area contributed by atoms with E-state index in [0.29, 0.717) is 16.7 Å². The maximum Gasteiger partial charge on any atom is 0.271 e. The molecule has 1 aromatic carbocycles. The van der Waals surface area contributed by atoms with Crippen LogP contribution in [0.2, 0.25) is 5.02 Å². The number of anilines is 2. The predicted molar refractivity (Wildman–Crippen MR) is 115 cm³/mol. The standard InChI is InChI=1S/C20H20ClN5O2S/c1-12-6-7-14(21)9-16(12)25-20-26-17(11-29-20)19(28)24-13(2)18(27)23-10-15-5-3-4-8-22-15/h3-9,11,13H,10H2,1-2H3,(H,23,27)(H,24,28)(H,25,26). The monoisotopic (exact) mass is 429 g/mol. The number of amides is 2. The van der Waals surface area contributed by atoms with Crippen LogP contribution in [0.1, 0.15) is 28.7 Å². The lowest BCUT2D eigenvalue weighted by atomic mass is 10.2. The first-order chi connectivity index (χ1) is 13.9. The second-order valence-electron chi connectivity index (χ2n) is 6.36. The third-order valence-corrected chi connectivity index (χ3v) is 5.08. The number of nitrogens with one attached hydrogen (secondary N) is 3. The fourth-order valence-corrected chi connectivity index (χ4v) is 3.32. The predicted octanol–water partition coefficient (Wildman–Crippen LogP) is 3.68. The van der Waals surface area contributed by atoms with Crippen molar-refractivity contribution in [3.63, 3.8) is 0 Å². The van der Waals surface area contributed by atoms with E-state index in [9.17, 15) is 9.59 Å². The second-order valence-corrected chi connectivity index (χ2v) is 7.65. The van der Waals surface area contributed by atoms with Crippen molar-refractivity contribution >= 4 is 45.6 Å². The first-order valence-electron chi connectivity index (χ1n) is 8.89. The lowest BCUT2D eigenvalue weighted by molar-refractivity contribution is -0.122. The van der Waals surface area contributed by atoms with Crippen LogP contribution in [0.25, 0.3) is 0 Å². The smallest absolute Gasteiger partial charge is 0.271 e. The molecule has 3 rings (SSSR count). The van der Waals surface area contributed by atoms with Crippen LogP contribution in [0.15, 0.2) is 48.0 Å². The molecule has 0 aliphatic rings. The van der Waals surface area contributed by atoms with Gasteiger partial charge in [0.05, 0.1) is 12.2 Å². The van der Waals surface area contributed by atoms with Crippen LogP contribution in [0.3, 0.4) is 0 Å². The summed E-state index contributed by atoms with van der Waals surface area (Å²) >= 11 is 7.32. The van der Waals surface area contributed by atoms with Gasteiger partial charge >= 0.3 is 0 Å². The van der Waals surface area contributed by atoms with Crippen molar-refractivity contribution in [1.29, 1.82) is 0 Å². The molecule has 1 unspecified atom stereocenters. The Morgan fingerprint density at radius 2 is 2.07 bits per heavy atom. The van der Waals surface area contributed by atoms with Crippen molar-refractivity contribution in [1.82, 2.24) is 20.6 Å². The highest BCUT2D eigenvalue weighted by atomic mass is 35.5. The Morgan fingerprint density at radius 3 is 2.83 bits per heavy atom. The highest BCUT2D eigenvalue weighted by molar-refractivity contribution is 7.14. The Balaban J connectivity index is 1.55. The molecule has 29 heavy (non-hydrogen) atoms. The van der Waals surface area contributed by atoms with Gasteiger partial charge in [-0.1, -0.05) is 23.7 Å². The van der Waals surface area contributed by atoms with Crippen molar-refractivity contribution in [2.75, 3.05) is 5.32 Å². The topological polar surface area (TPSA) is 96.0 Å². The summed E-state index contributed by atoms with van der Waals surface area (Å²) in [7, 11) is 0. The lowest BCUT2D eigenvalue weighted by Gasteiger charge is -2.13. The summed E-state index contributed by atoms with van der Waals surface area (Å²) in [5, 5.41) is 11.4. The largest absolute Gasteiger partial charge is 0.349 e. The highest BCUT2D eigenvalue weighted by Crippen LogP contribution is 2.26. The normalized spacial score (nSPS) is 11.6. The molecule has 0 fully saturated rings. The van der Waals surface area contributed by atoms with Crippen LogP contribution < -0.4 is 16.0 Å². The SMILES string of the molecule is Cc1ccc(Cl)cc1Nc1nc(C(=O)NC(C)C(=O)NCc2ccccn2)cs1. The van der Waals surface area contributed by atoms with Gasteiger partial charge in [0.2, 0.25) is 5.91 Å². The summed E-state index contributed by atoms with van der Waals surface area (Å²) in [6.45, 7) is 3.86. The number of hydrogen-bond acceptors (Lipinski definition) is 6. The number of halogens is 1. The molecular formula is C20H20ClN5O2S. The zero-order valence-corrected chi connectivity index (χ0v) is 17.5. The van der Waals surface area contributed by atoms with Gasteiger partial charge in [-0.2, -0.15) is 0 Å². The van der Waals surface area contributed by atoms with Crippen LogP contribution in [0, 0.1) is 6.92 Å². The van der Waals surface area contributed by atoms with Crippen LogP contribution in [-0.2, 0) is 11.3 Å². The average Bonchev–Trinajstić information content (AvgIpc) is 3.18. The van der Waals surface area contributed by atoms with Crippen molar-refractivity contribution in [2.45, 2.75) is 26.4 Å². The third-order valence-electron chi connectivity index (χ3n) is 4.09. The number of nitrogens with zero attached hydrogens (tertiary/aromatic N) is 2. The molecule has 1 atom stereocenters. The minimum atomic E-state index is -0.709. The molecule has 2 heterocycles. The number of hydrogen-bond donors (Lipinski definition) is 3. The first-order valence-corrected chi connectivity index (χ1v) is 10.2. The van der Waals surface area contributed by atoms with E-state index in [1.54, 1.807) is 30.6 Å². The van der Waals surface area contributed by atoms with Crippen LogP contribution >= 0.6 is 22.9 Å². The van der Waals surface area contributed by atoms with E-state index >= 15 is 0 Å². The van der Waals surface area contributed by atoms with Gasteiger partial charge in [0.15, 0.2) is 5.13 Å². The molecule has 9 heteroatoms. The molecule has 0 radical (unpaired) electrons. The molecule has 0 spiro atoms.